The molecule has 0 saturated carbocycles. The third-order valence-corrected chi connectivity index (χ3v) is 13.5. The van der Waals surface area contributed by atoms with Crippen molar-refractivity contribution < 1.29 is 43.8 Å². The average molecular weight is 877 g/mol. The fourth-order valence-corrected chi connectivity index (χ4v) is 10.1. The quantitative estimate of drug-likeness (QED) is 0.0780. The Bertz CT molecular complexity index is 2660. The van der Waals surface area contributed by atoms with E-state index in [2.05, 4.69) is 131 Å². The summed E-state index contributed by atoms with van der Waals surface area (Å²) in [7, 11) is 2.16. The Hall–Kier alpha value is -4.76. The van der Waals surface area contributed by atoms with Crippen LogP contribution in [-0.2, 0) is 17.9 Å². The lowest BCUT2D eigenvalue weighted by Crippen LogP contribution is -3.00. The van der Waals surface area contributed by atoms with E-state index in [0.717, 1.165) is 68.2 Å². The third kappa shape index (κ3) is 10.5. The first-order chi connectivity index (χ1) is 28.9. The summed E-state index contributed by atoms with van der Waals surface area (Å²) in [6, 6.07) is 27.5. The molecule has 0 atom stereocenters. The Morgan fingerprint density at radius 2 is 1.48 bits per heavy atom. The Balaban J connectivity index is 0.00000311. The highest BCUT2D eigenvalue weighted by Gasteiger charge is 2.22. The van der Waals surface area contributed by atoms with Crippen molar-refractivity contribution in [3.63, 3.8) is 0 Å². The van der Waals surface area contributed by atoms with Gasteiger partial charge in [-0.2, -0.15) is 4.57 Å². The fourth-order valence-electron chi connectivity index (χ4n) is 8.97. The van der Waals surface area contributed by atoms with Crippen LogP contribution in [0.15, 0.2) is 107 Å². The summed E-state index contributed by atoms with van der Waals surface area (Å²) in [5.74, 6) is 0.486. The zero-order chi connectivity index (χ0) is 40.7. The molecule has 0 bridgehead atoms. The van der Waals surface area contributed by atoms with Gasteiger partial charge in [0, 0.05) is 77.6 Å². The molecule has 7 nitrogen and oxygen atoms in total. The van der Waals surface area contributed by atoms with Crippen molar-refractivity contribution in [2.75, 3.05) is 18.5 Å². The number of thioether (sulfide) groups is 1. The molecule has 0 aliphatic carbocycles. The smallest absolute Gasteiger partial charge is 0.219 e. The van der Waals surface area contributed by atoms with Crippen LogP contribution in [0.1, 0.15) is 93.7 Å². The second-order valence-electron chi connectivity index (χ2n) is 16.4. The van der Waals surface area contributed by atoms with E-state index in [9.17, 15) is 9.90 Å². The van der Waals surface area contributed by atoms with E-state index in [1.807, 2.05) is 23.9 Å². The van der Waals surface area contributed by atoms with Crippen LogP contribution in [0.25, 0.3) is 49.6 Å². The molecule has 0 spiro atoms. The number of phenols is 1. The Kier molecular flexibility index (Phi) is 16.0. The van der Waals surface area contributed by atoms with Crippen molar-refractivity contribution in [2.24, 2.45) is 0 Å². The number of aromatic hydroxyl groups is 1. The van der Waals surface area contributed by atoms with E-state index >= 15 is 0 Å². The summed E-state index contributed by atoms with van der Waals surface area (Å²) < 4.78 is 4.71. The van der Waals surface area contributed by atoms with Crippen LogP contribution in [0.3, 0.4) is 0 Å². The molecule has 0 unspecified atom stereocenters. The number of aromatic amines is 1. The van der Waals surface area contributed by atoms with Gasteiger partial charge in [-0.05, 0) is 104 Å². The van der Waals surface area contributed by atoms with Crippen molar-refractivity contribution in [1.29, 1.82) is 0 Å². The maximum absolute atomic E-state index is 12.5. The van der Waals surface area contributed by atoms with Crippen LogP contribution in [0.4, 0.5) is 5.69 Å². The molecule has 4 aromatic carbocycles. The normalized spacial score (nSPS) is 13.0. The molecule has 0 fully saturated rings. The van der Waals surface area contributed by atoms with Gasteiger partial charge < -0.3 is 45.1 Å². The molecule has 0 saturated heterocycles. The molecule has 1 amide bonds. The summed E-state index contributed by atoms with van der Waals surface area (Å²) in [4.78, 5) is 19.7. The first-order valence-electron chi connectivity index (χ1n) is 21.8. The Morgan fingerprint density at radius 1 is 0.754 bits per heavy atom. The number of phenolic OH excluding ortho intramolecular Hbond substituents is 1. The van der Waals surface area contributed by atoms with E-state index < -0.39 is 0 Å². The van der Waals surface area contributed by atoms with Crippen molar-refractivity contribution in [2.45, 2.75) is 109 Å². The SMILES string of the molecule is Cc1c2cc[n+](CCCCCNC(=O)CCCCCCCCCC[n+]3ccc(/C=C4\Sc5ccccc5N4C)c4ccccc43)cc2c(C)c2c1[nH]c1ccc(O)cc12.[Cl-].[Cl-]. The second kappa shape index (κ2) is 21.4. The molecule has 61 heavy (non-hydrogen) atoms. The number of nitrogens with one attached hydrogen (secondary N) is 2. The lowest BCUT2D eigenvalue weighted by atomic mass is 9.97. The number of anilines is 1. The summed E-state index contributed by atoms with van der Waals surface area (Å²) in [6.07, 6.45) is 22.4. The van der Waals surface area contributed by atoms with E-state index in [0.29, 0.717) is 12.2 Å². The molecule has 0 radical (unpaired) electrons. The third-order valence-electron chi connectivity index (χ3n) is 12.3. The number of aryl methyl sites for hydroxylation is 4. The summed E-state index contributed by atoms with van der Waals surface area (Å²) in [5.41, 5.74) is 8.51. The van der Waals surface area contributed by atoms with Gasteiger partial charge in [-0.3, -0.25) is 4.79 Å². The van der Waals surface area contributed by atoms with Gasteiger partial charge in [0.1, 0.15) is 18.8 Å². The summed E-state index contributed by atoms with van der Waals surface area (Å²) in [5, 5.41) is 20.6. The van der Waals surface area contributed by atoms with Crippen LogP contribution in [0.2, 0.25) is 0 Å². The minimum atomic E-state index is 0. The number of halogens is 2. The minimum Gasteiger partial charge on any atom is -1.00 e. The van der Waals surface area contributed by atoms with Crippen molar-refractivity contribution in [3.8, 4) is 5.75 Å². The van der Waals surface area contributed by atoms with Gasteiger partial charge >= 0.3 is 0 Å². The van der Waals surface area contributed by atoms with E-state index in [4.69, 9.17) is 0 Å². The number of amides is 1. The molecule has 1 aliphatic heterocycles. The lowest BCUT2D eigenvalue weighted by molar-refractivity contribution is -0.696. The number of nitrogens with zero attached hydrogens (tertiary/aromatic N) is 3. The first-order valence-corrected chi connectivity index (χ1v) is 22.6. The lowest BCUT2D eigenvalue weighted by Gasteiger charge is -2.13. The average Bonchev–Trinajstić information content (AvgIpc) is 3.79. The maximum Gasteiger partial charge on any atom is 0.219 e. The van der Waals surface area contributed by atoms with Crippen molar-refractivity contribution in [1.82, 2.24) is 10.3 Å². The zero-order valence-corrected chi connectivity index (χ0v) is 38.1. The Labute approximate surface area is 377 Å². The predicted octanol–water partition coefficient (Wildman–Crippen LogP) is 5.57. The highest BCUT2D eigenvalue weighted by atomic mass is 35.5. The number of hydrogen-bond acceptors (Lipinski definition) is 4. The number of aromatic nitrogens is 3. The van der Waals surface area contributed by atoms with Crippen molar-refractivity contribution >= 4 is 72.9 Å². The number of H-pyrrole nitrogens is 1. The van der Waals surface area contributed by atoms with Crippen LogP contribution >= 0.6 is 11.8 Å². The standard InChI is InChI=1S/C51H57N5O2S.2ClH/c1-36-43-35-55(31-27-40(43)37(2)51-50(36)42-34-39(57)24-25-44(42)53-51)29-17-10-16-28-52-48(58)23-11-8-6-4-5-7-9-18-30-56-32-26-38(41-19-12-13-20-45(41)56)33-49-54(3)46-21-14-15-22-47(46)59-49;;/h12-15,19-22,24-27,31-35H,4-11,16-18,23,28-30H2,1-3H3,(H-,52,57,58);2*1H. The number of benzene rings is 4. The van der Waals surface area contributed by atoms with Gasteiger partial charge in [0.05, 0.1) is 21.6 Å². The fraction of sp³-hybridized carbons (Fsp3) is 0.353. The number of carbonyl (C=O) groups is 1. The van der Waals surface area contributed by atoms with Gasteiger partial charge in [0.2, 0.25) is 11.4 Å². The highest BCUT2D eigenvalue weighted by Crippen LogP contribution is 2.45. The molecular weight excluding hydrogens is 818 g/mol. The topological polar surface area (TPSA) is 76.1 Å². The number of unbranched alkanes of at least 4 members (excludes halogenated alkanes) is 9. The monoisotopic (exact) mass is 875 g/mol. The molecular formula is C51H59Cl2N5O2S. The molecule has 8 rings (SSSR count). The number of rotatable bonds is 18. The van der Waals surface area contributed by atoms with Gasteiger partial charge in [-0.15, -0.1) is 0 Å². The Morgan fingerprint density at radius 3 is 2.30 bits per heavy atom. The molecule has 10 heteroatoms. The molecule has 4 heterocycles. The number of fused-ring (bicyclic) bond motifs is 6. The van der Waals surface area contributed by atoms with Crippen LogP contribution < -0.4 is 44.2 Å². The summed E-state index contributed by atoms with van der Waals surface area (Å²) >= 11 is 1.84. The molecule has 7 aromatic rings. The predicted molar refractivity (Wildman–Crippen MR) is 246 cm³/mol. The zero-order valence-electron chi connectivity index (χ0n) is 35.8. The van der Waals surface area contributed by atoms with Gasteiger partial charge in [0.25, 0.3) is 0 Å². The first kappa shape index (κ1) is 45.8. The molecule has 1 aliphatic rings. The van der Waals surface area contributed by atoms with E-state index in [1.54, 1.807) is 6.07 Å². The molecule has 320 valence electrons. The number of carbonyl (C=O) groups excluding carboxylic acids is 1. The maximum atomic E-state index is 12.5. The summed E-state index contributed by atoms with van der Waals surface area (Å²) in [6.45, 7) is 7.11. The molecule has 3 aromatic heterocycles. The van der Waals surface area contributed by atoms with Gasteiger partial charge in [0.15, 0.2) is 18.6 Å². The number of hydrogen-bond donors (Lipinski definition) is 3. The highest BCUT2D eigenvalue weighted by molar-refractivity contribution is 8.03. The van der Waals surface area contributed by atoms with E-state index in [-0.39, 0.29) is 30.7 Å². The van der Waals surface area contributed by atoms with Crippen molar-refractivity contribution in [3.05, 3.63) is 119 Å². The van der Waals surface area contributed by atoms with Crippen LogP contribution in [0.5, 0.6) is 5.75 Å². The van der Waals surface area contributed by atoms with E-state index in [1.165, 1.54) is 97.9 Å². The number of para-hydroxylation sites is 2. The van der Waals surface area contributed by atoms with Crippen LogP contribution in [-0.4, -0.2) is 29.6 Å². The molecule has 3 N–H and O–H groups in total. The van der Waals surface area contributed by atoms with Crippen LogP contribution in [0, 0.1) is 13.8 Å². The van der Waals surface area contributed by atoms with Gasteiger partial charge in [-0.1, -0.05) is 68.1 Å². The second-order valence-corrected chi connectivity index (χ2v) is 17.5. The largest absolute Gasteiger partial charge is 1.00 e. The minimum absolute atomic E-state index is 0. The number of pyridine rings is 2. The van der Waals surface area contributed by atoms with Gasteiger partial charge in [-0.25, -0.2) is 4.57 Å².